The normalized spacial score (nSPS) is 21.1. The van der Waals surface area contributed by atoms with Gasteiger partial charge in [0.15, 0.2) is 22.7 Å². The number of hydrogen-bond acceptors (Lipinski definition) is 19. The zero-order valence-corrected chi connectivity index (χ0v) is 41.7. The van der Waals surface area contributed by atoms with Crippen molar-refractivity contribution in [3.63, 3.8) is 0 Å². The van der Waals surface area contributed by atoms with Crippen LogP contribution in [0.1, 0.15) is 85.7 Å². The quantitative estimate of drug-likeness (QED) is 0.0530. The number of fused-ring (bicyclic) bond motifs is 4. The van der Waals surface area contributed by atoms with Crippen molar-refractivity contribution < 1.29 is 58.7 Å². The Labute approximate surface area is 435 Å². The van der Waals surface area contributed by atoms with Crippen LogP contribution in [0.4, 0.5) is 39.6 Å². The van der Waals surface area contributed by atoms with E-state index in [-0.39, 0.29) is 76.3 Å². The average molecular weight is 1070 g/mol. The number of nitrogens with one attached hydrogen (secondary N) is 7. The van der Waals surface area contributed by atoms with Crippen molar-refractivity contribution in [3.05, 3.63) is 92.3 Å². The first-order valence-corrected chi connectivity index (χ1v) is 24.3. The number of aliphatic carboxylic acids is 4. The molecule has 2 bridgehead atoms. The first-order valence-electron chi connectivity index (χ1n) is 24.3. The molecule has 1 aliphatic heterocycles. The summed E-state index contributed by atoms with van der Waals surface area (Å²) in [4.78, 5) is 140. The molecule has 3 aliphatic rings. The molecular weight excluding hydrogens is 1010 g/mol. The number of carbonyl (C=O) groups excluding carboxylic acids is 3. The molecule has 28 heteroatoms. The minimum atomic E-state index is -1.87. The number of benzene rings is 2. The highest BCUT2D eigenvalue weighted by Crippen LogP contribution is 2.66. The van der Waals surface area contributed by atoms with Crippen LogP contribution in [-0.2, 0) is 30.5 Å². The molecular formula is C49H56N14O14. The van der Waals surface area contributed by atoms with E-state index in [1.165, 1.54) is 54.7 Å². The lowest BCUT2D eigenvalue weighted by Crippen LogP contribution is -2.62. The molecule has 5 aromatic rings. The Morgan fingerprint density at radius 3 is 1.96 bits per heavy atom. The molecule has 2 aromatic carbocycles. The second-order valence-electron chi connectivity index (χ2n) is 20.0. The van der Waals surface area contributed by atoms with Gasteiger partial charge in [0.25, 0.3) is 22.9 Å². The fourth-order valence-electron chi connectivity index (χ4n) is 10.5. The lowest BCUT2D eigenvalue weighted by Gasteiger charge is -2.45. The molecule has 2 aliphatic carbocycles. The molecule has 15 N–H and O–H groups in total. The summed E-state index contributed by atoms with van der Waals surface area (Å²) in [6, 6.07) is 5.00. The number of carboxylic acids is 4. The third-order valence-electron chi connectivity index (χ3n) is 15.2. The molecule has 0 radical (unpaired) electrons. The molecule has 2 fully saturated rings. The number of hydrogen-bond donors (Lipinski definition) is 13. The van der Waals surface area contributed by atoms with Gasteiger partial charge in [-0.15, -0.1) is 0 Å². The van der Waals surface area contributed by atoms with E-state index in [0.717, 1.165) is 17.7 Å². The molecule has 4 heterocycles. The maximum atomic E-state index is 14.9. The molecule has 406 valence electrons. The topological polar surface area (TPSA) is 442 Å². The first-order chi connectivity index (χ1) is 36.4. The lowest BCUT2D eigenvalue weighted by molar-refractivity contribution is -0.145. The Morgan fingerprint density at radius 1 is 0.792 bits per heavy atom. The molecule has 3 aromatic heterocycles. The van der Waals surface area contributed by atoms with Gasteiger partial charge in [-0.3, -0.25) is 43.6 Å². The van der Waals surface area contributed by atoms with Crippen LogP contribution < -0.4 is 54.1 Å². The summed E-state index contributed by atoms with van der Waals surface area (Å²) in [6.07, 6.45) is 0.209. The SMILES string of the molecule is CC1(C)C2CCC1(C)C(OC(=O)N1c3c(nc(N)[nH]c3=O)N[C@@H](C(CC(NC(=O)c3ccc(NCc4cnc5nc(N)[nH]c(=O)c5n4)cc3)C(=O)O)C(=O)O)C1CNc1ccc(C(=O)NC(CCC(=O)O)C(=O)O)cc1)C2. The summed E-state index contributed by atoms with van der Waals surface area (Å²) < 4.78 is 6.32. The highest BCUT2D eigenvalue weighted by atomic mass is 16.6. The number of aromatic amines is 2. The Kier molecular flexibility index (Phi) is 15.0. The van der Waals surface area contributed by atoms with Crippen molar-refractivity contribution in [1.29, 1.82) is 0 Å². The third-order valence-corrected chi connectivity index (χ3v) is 15.2. The van der Waals surface area contributed by atoms with Crippen molar-refractivity contribution in [2.24, 2.45) is 22.7 Å². The van der Waals surface area contributed by atoms with Gasteiger partial charge in [0, 0.05) is 40.9 Å². The van der Waals surface area contributed by atoms with Gasteiger partial charge in [-0.1, -0.05) is 20.8 Å². The van der Waals surface area contributed by atoms with Crippen molar-refractivity contribution >= 4 is 87.7 Å². The minimum absolute atomic E-state index is 0.00476. The van der Waals surface area contributed by atoms with E-state index < -0.39 is 113 Å². The molecule has 28 nitrogen and oxygen atoms in total. The van der Waals surface area contributed by atoms with E-state index in [0.29, 0.717) is 17.8 Å². The van der Waals surface area contributed by atoms with Crippen molar-refractivity contribution in [2.45, 2.75) is 96.1 Å². The molecule has 2 saturated carbocycles. The van der Waals surface area contributed by atoms with E-state index in [1.54, 1.807) is 0 Å². The molecule has 0 saturated heterocycles. The predicted octanol–water partition coefficient (Wildman–Crippen LogP) is 2.03. The molecule has 0 spiro atoms. The van der Waals surface area contributed by atoms with Gasteiger partial charge < -0.3 is 63.2 Å². The number of amides is 3. The van der Waals surface area contributed by atoms with Gasteiger partial charge in [-0.05, 0) is 92.0 Å². The minimum Gasteiger partial charge on any atom is -0.481 e. The van der Waals surface area contributed by atoms with Gasteiger partial charge >= 0.3 is 30.0 Å². The van der Waals surface area contributed by atoms with E-state index in [9.17, 15) is 58.5 Å². The fraction of sp³-hybridized carbons (Fsp3) is 0.408. The Morgan fingerprint density at radius 2 is 1.39 bits per heavy atom. The highest BCUT2D eigenvalue weighted by molar-refractivity contribution is 5.98. The second kappa shape index (κ2) is 21.5. The van der Waals surface area contributed by atoms with E-state index in [1.807, 2.05) is 6.92 Å². The number of ether oxygens (including phenoxy) is 1. The van der Waals surface area contributed by atoms with Gasteiger partial charge in [0.2, 0.25) is 11.9 Å². The molecule has 7 unspecified atom stereocenters. The summed E-state index contributed by atoms with van der Waals surface area (Å²) in [7, 11) is 0. The zero-order valence-electron chi connectivity index (χ0n) is 41.7. The van der Waals surface area contributed by atoms with Crippen LogP contribution >= 0.6 is 0 Å². The molecule has 77 heavy (non-hydrogen) atoms. The number of rotatable bonds is 20. The summed E-state index contributed by atoms with van der Waals surface area (Å²) in [5.41, 5.74) is 10.2. The number of carboxylic acid groups (broad SMARTS) is 4. The van der Waals surface area contributed by atoms with E-state index in [4.69, 9.17) is 21.3 Å². The van der Waals surface area contributed by atoms with Crippen LogP contribution in [0.15, 0.2) is 64.3 Å². The van der Waals surface area contributed by atoms with E-state index in [2.05, 4.69) is 70.3 Å². The summed E-state index contributed by atoms with van der Waals surface area (Å²) in [6.45, 7) is 5.95. The molecule has 8 rings (SSSR count). The smallest absolute Gasteiger partial charge is 0.415 e. The molecule has 3 amide bonds. The van der Waals surface area contributed by atoms with Crippen LogP contribution in [0.5, 0.6) is 0 Å². The number of nitrogens with zero attached hydrogens (tertiary/aromatic N) is 5. The van der Waals surface area contributed by atoms with Crippen LogP contribution in [0, 0.1) is 22.7 Å². The van der Waals surface area contributed by atoms with Crippen LogP contribution in [0.3, 0.4) is 0 Å². The van der Waals surface area contributed by atoms with Gasteiger partial charge in [-0.25, -0.2) is 24.4 Å². The van der Waals surface area contributed by atoms with Gasteiger partial charge in [-0.2, -0.15) is 9.97 Å². The standard InChI is InChI=1S/C49H56N14O14/c1-48(2)23-14-15-49(48,3)31(16-23)77-47(76)63-30(20-53-25-10-6-21(7-11-25)38(66)56-28(43(72)73)12-13-32(64)65)33(58-37-35(63)41(69)62-46(51)60-37)27(42(70)71)17-29(44(74)75)57-39(67)22-4-8-24(9-5-22)52-18-26-19-54-36-34(55-26)40(68)61-45(50)59-36/h4-11,19,23,27-31,33,52-53H,12-18,20H2,1-3H3,(H,56,66)(H,57,67)(H,64,65)(H,70,71)(H,72,73)(H,74,75)(H3,50,54,59,61,68)(H4,51,58,60,62,69)/t23?,27?,28?,29?,30?,31?,33-,49?/m0/s1. The first kappa shape index (κ1) is 53.9. The van der Waals surface area contributed by atoms with Crippen molar-refractivity contribution in [1.82, 2.24) is 40.5 Å². The lowest BCUT2D eigenvalue weighted by atomic mass is 9.70. The van der Waals surface area contributed by atoms with Crippen molar-refractivity contribution in [2.75, 3.05) is 38.9 Å². The van der Waals surface area contributed by atoms with Crippen LogP contribution in [0.25, 0.3) is 11.2 Å². The summed E-state index contributed by atoms with van der Waals surface area (Å²) in [5, 5.41) is 54.0. The third kappa shape index (κ3) is 11.2. The summed E-state index contributed by atoms with van der Waals surface area (Å²) >= 11 is 0. The molecule has 8 atom stereocenters. The van der Waals surface area contributed by atoms with Crippen molar-refractivity contribution in [3.8, 4) is 0 Å². The Bertz CT molecular complexity index is 3280. The average Bonchev–Trinajstić information content (AvgIpc) is 3.98. The maximum absolute atomic E-state index is 14.9. The monoisotopic (exact) mass is 1060 g/mol. The van der Waals surface area contributed by atoms with Crippen LogP contribution in [0.2, 0.25) is 0 Å². The number of carbonyl (C=O) groups is 7. The number of anilines is 6. The number of aromatic nitrogens is 6. The largest absolute Gasteiger partial charge is 0.481 e. The maximum Gasteiger partial charge on any atom is 0.415 e. The number of nitrogen functional groups attached to an aromatic ring is 2. The second-order valence-corrected chi connectivity index (χ2v) is 20.0. The Hall–Kier alpha value is -9.37. The Balaban J connectivity index is 1.06. The van der Waals surface area contributed by atoms with E-state index >= 15 is 0 Å². The van der Waals surface area contributed by atoms with Gasteiger partial charge in [0.1, 0.15) is 18.2 Å². The highest BCUT2D eigenvalue weighted by Gasteiger charge is 2.63. The fourth-order valence-corrected chi connectivity index (χ4v) is 10.5. The number of nitrogens with two attached hydrogens (primary N) is 2. The van der Waals surface area contributed by atoms with Gasteiger partial charge in [0.05, 0.1) is 36.4 Å². The van der Waals surface area contributed by atoms with Crippen LogP contribution in [-0.4, -0.2) is 129 Å². The zero-order chi connectivity index (χ0) is 55.7. The number of H-pyrrole nitrogens is 2. The predicted molar refractivity (Wildman–Crippen MR) is 274 cm³/mol. The summed E-state index contributed by atoms with van der Waals surface area (Å²) in [5.74, 6) is -10.00.